The van der Waals surface area contributed by atoms with Gasteiger partial charge in [-0.15, -0.1) is 11.3 Å². The molecule has 3 heterocycles. The summed E-state index contributed by atoms with van der Waals surface area (Å²) in [6.45, 7) is 2.84. The van der Waals surface area contributed by atoms with Gasteiger partial charge in [0.25, 0.3) is 0 Å². The number of likely N-dealkylation sites (N-methyl/N-ethyl adjacent to an activating group) is 1. The Morgan fingerprint density at radius 3 is 2.48 bits per heavy atom. The highest BCUT2D eigenvalue weighted by atomic mass is 32.1. The molecule has 0 saturated carbocycles. The number of nitrogens with zero attached hydrogens (tertiary/aromatic N) is 3. The molecule has 0 aliphatic carbocycles. The van der Waals surface area contributed by atoms with Gasteiger partial charge in [-0.3, -0.25) is 24.2 Å². The number of amides is 3. The predicted molar refractivity (Wildman–Crippen MR) is 170 cm³/mol. The fraction of sp³-hybridized carbons (Fsp3) is 0.312. The molecule has 2 aromatic heterocycles. The summed E-state index contributed by atoms with van der Waals surface area (Å²) < 4.78 is 0. The number of hydrogen-bond acceptors (Lipinski definition) is 8. The molecule has 0 fully saturated rings. The predicted octanol–water partition coefficient (Wildman–Crippen LogP) is 2.48. The SMILES string of the molecule is CCC(=O)NC(Cc1ccccc1C1=NCCN1C)C(=O)NCC(=O)NC(Cc1c[nH]c2ccccc12)C(=O)c1nccs1. The second-order valence-corrected chi connectivity index (χ2v) is 11.5. The number of carbonyl (C=O) groups is 4. The molecule has 0 spiro atoms. The number of H-pyrrole nitrogens is 1. The first-order chi connectivity index (χ1) is 21.3. The largest absolute Gasteiger partial charge is 0.361 e. The summed E-state index contributed by atoms with van der Waals surface area (Å²) in [5, 5.41) is 11.2. The molecule has 44 heavy (non-hydrogen) atoms. The van der Waals surface area contributed by atoms with Crippen LogP contribution in [-0.2, 0) is 27.2 Å². The number of aromatic amines is 1. The van der Waals surface area contributed by atoms with Crippen molar-refractivity contribution < 1.29 is 19.2 Å². The number of Topliss-reactive ketones (excluding diaryl/α,β-unsaturated/α-hetero) is 1. The molecule has 4 aromatic rings. The second kappa shape index (κ2) is 14.1. The van der Waals surface area contributed by atoms with Crippen LogP contribution < -0.4 is 16.0 Å². The lowest BCUT2D eigenvalue weighted by Crippen LogP contribution is -2.51. The van der Waals surface area contributed by atoms with Crippen LogP contribution in [0.15, 0.2) is 71.3 Å². The zero-order chi connectivity index (χ0) is 31.1. The second-order valence-electron chi connectivity index (χ2n) is 10.6. The summed E-state index contributed by atoms with van der Waals surface area (Å²) in [5.74, 6) is -0.786. The van der Waals surface area contributed by atoms with E-state index in [-0.39, 0.29) is 42.5 Å². The van der Waals surface area contributed by atoms with Gasteiger partial charge in [0, 0.05) is 67.1 Å². The van der Waals surface area contributed by atoms with Gasteiger partial charge in [0.2, 0.25) is 23.5 Å². The summed E-state index contributed by atoms with van der Waals surface area (Å²) >= 11 is 1.20. The van der Waals surface area contributed by atoms with Gasteiger partial charge >= 0.3 is 0 Å². The zero-order valence-corrected chi connectivity index (χ0v) is 25.4. The zero-order valence-electron chi connectivity index (χ0n) is 24.6. The maximum Gasteiger partial charge on any atom is 0.243 e. The van der Waals surface area contributed by atoms with Crippen molar-refractivity contribution >= 4 is 51.6 Å². The molecule has 0 radical (unpaired) electrons. The Morgan fingerprint density at radius 2 is 1.73 bits per heavy atom. The molecular formula is C32H35N7O4S. The highest BCUT2D eigenvalue weighted by Crippen LogP contribution is 2.21. The number of ketones is 1. The number of aliphatic imine (C=N–C) groups is 1. The summed E-state index contributed by atoms with van der Waals surface area (Å²) in [5.41, 5.74) is 3.55. The Bertz CT molecular complexity index is 1680. The minimum atomic E-state index is -0.914. The first-order valence-electron chi connectivity index (χ1n) is 14.5. The van der Waals surface area contributed by atoms with Gasteiger partial charge in [-0.2, -0.15) is 0 Å². The Labute approximate surface area is 259 Å². The first kappa shape index (κ1) is 30.6. The molecule has 5 rings (SSSR count). The van der Waals surface area contributed by atoms with Crippen LogP contribution in [0.25, 0.3) is 10.9 Å². The minimum absolute atomic E-state index is 0.204. The van der Waals surface area contributed by atoms with E-state index in [1.54, 1.807) is 18.5 Å². The number of amidine groups is 1. The van der Waals surface area contributed by atoms with E-state index in [0.29, 0.717) is 6.54 Å². The van der Waals surface area contributed by atoms with Gasteiger partial charge in [-0.05, 0) is 17.2 Å². The van der Waals surface area contributed by atoms with E-state index < -0.39 is 23.9 Å². The number of fused-ring (bicyclic) bond motifs is 1. The van der Waals surface area contributed by atoms with Crippen molar-refractivity contribution in [2.24, 2.45) is 4.99 Å². The number of aromatic nitrogens is 2. The van der Waals surface area contributed by atoms with Gasteiger partial charge in [0.05, 0.1) is 19.1 Å². The Kier molecular flexibility index (Phi) is 9.80. The fourth-order valence-corrected chi connectivity index (χ4v) is 5.86. The van der Waals surface area contributed by atoms with Crippen LogP contribution >= 0.6 is 11.3 Å². The van der Waals surface area contributed by atoms with E-state index in [0.717, 1.165) is 40.0 Å². The quantitative estimate of drug-likeness (QED) is 0.170. The number of thiazole rings is 1. The van der Waals surface area contributed by atoms with Gasteiger partial charge in [-0.25, -0.2) is 4.98 Å². The molecule has 4 N–H and O–H groups in total. The van der Waals surface area contributed by atoms with Crippen molar-refractivity contribution in [3.05, 3.63) is 88.0 Å². The minimum Gasteiger partial charge on any atom is -0.361 e. The summed E-state index contributed by atoms with van der Waals surface area (Å²) in [6.07, 6.45) is 4.04. The number of hydrogen-bond donors (Lipinski definition) is 4. The lowest BCUT2D eigenvalue weighted by molar-refractivity contribution is -0.130. The summed E-state index contributed by atoms with van der Waals surface area (Å²) in [6, 6.07) is 13.6. The number of rotatable bonds is 13. The van der Waals surface area contributed by atoms with Crippen LogP contribution in [0.1, 0.15) is 39.8 Å². The molecule has 2 aromatic carbocycles. The van der Waals surface area contributed by atoms with E-state index in [1.807, 2.05) is 61.8 Å². The molecular weight excluding hydrogens is 578 g/mol. The number of nitrogens with one attached hydrogen (secondary N) is 4. The van der Waals surface area contributed by atoms with Crippen molar-refractivity contribution in [1.82, 2.24) is 30.8 Å². The van der Waals surface area contributed by atoms with Crippen LogP contribution in [0.2, 0.25) is 0 Å². The van der Waals surface area contributed by atoms with E-state index >= 15 is 0 Å². The van der Waals surface area contributed by atoms with E-state index in [1.165, 1.54) is 11.3 Å². The third kappa shape index (κ3) is 7.20. The molecule has 0 saturated heterocycles. The van der Waals surface area contributed by atoms with Crippen LogP contribution in [0, 0.1) is 0 Å². The maximum absolute atomic E-state index is 13.4. The highest BCUT2D eigenvalue weighted by molar-refractivity contribution is 7.11. The molecule has 0 bridgehead atoms. The molecule has 1 aliphatic rings. The van der Waals surface area contributed by atoms with Gasteiger partial charge in [-0.1, -0.05) is 49.4 Å². The lowest BCUT2D eigenvalue weighted by Gasteiger charge is -2.22. The van der Waals surface area contributed by atoms with Crippen LogP contribution in [-0.4, -0.2) is 83.0 Å². The molecule has 1 aliphatic heterocycles. The molecule has 12 heteroatoms. The topological polar surface area (TPSA) is 149 Å². The smallest absolute Gasteiger partial charge is 0.243 e. The number of benzene rings is 2. The summed E-state index contributed by atoms with van der Waals surface area (Å²) in [4.78, 5) is 66.2. The van der Waals surface area contributed by atoms with Crippen LogP contribution in [0.5, 0.6) is 0 Å². The molecule has 2 atom stereocenters. The molecule has 2 unspecified atom stereocenters. The van der Waals surface area contributed by atoms with Crippen molar-refractivity contribution in [3.8, 4) is 0 Å². The maximum atomic E-state index is 13.4. The lowest BCUT2D eigenvalue weighted by atomic mass is 9.98. The van der Waals surface area contributed by atoms with Crippen molar-refractivity contribution in [2.75, 3.05) is 26.7 Å². The van der Waals surface area contributed by atoms with Crippen molar-refractivity contribution in [2.45, 2.75) is 38.3 Å². The number of carbonyl (C=O) groups excluding carboxylic acids is 4. The van der Waals surface area contributed by atoms with Crippen LogP contribution in [0.4, 0.5) is 0 Å². The van der Waals surface area contributed by atoms with Gasteiger partial charge in [0.15, 0.2) is 5.01 Å². The van der Waals surface area contributed by atoms with Crippen molar-refractivity contribution in [1.29, 1.82) is 0 Å². The average molecular weight is 614 g/mol. The average Bonchev–Trinajstić information content (AvgIpc) is 3.81. The Hall–Kier alpha value is -4.84. The standard InChI is InChI=1S/C32H35N7O4S/c1-3-27(40)38-26(16-20-8-4-5-10-23(20)30-33-12-14-39(30)2)31(43)36-19-28(41)37-25(29(42)32-34-13-15-44-32)17-21-18-35-24-11-7-6-9-22(21)24/h4-11,13,15,18,25-26,35H,3,12,14,16-17,19H2,1-2H3,(H,36,43)(H,37,41)(H,38,40). The molecule has 228 valence electrons. The van der Waals surface area contributed by atoms with E-state index in [4.69, 9.17) is 0 Å². The van der Waals surface area contributed by atoms with Gasteiger partial charge < -0.3 is 25.8 Å². The first-order valence-corrected chi connectivity index (χ1v) is 15.4. The van der Waals surface area contributed by atoms with Crippen molar-refractivity contribution in [3.63, 3.8) is 0 Å². The third-order valence-electron chi connectivity index (χ3n) is 7.53. The van der Waals surface area contributed by atoms with E-state index in [2.05, 4.69) is 35.8 Å². The summed E-state index contributed by atoms with van der Waals surface area (Å²) in [7, 11) is 1.97. The van der Waals surface area contributed by atoms with E-state index in [9.17, 15) is 19.2 Å². The molecule has 11 nitrogen and oxygen atoms in total. The third-order valence-corrected chi connectivity index (χ3v) is 8.32. The fourth-order valence-electron chi connectivity index (χ4n) is 5.23. The number of para-hydroxylation sites is 1. The normalized spacial score (nSPS) is 14.1. The van der Waals surface area contributed by atoms with Crippen LogP contribution in [0.3, 0.4) is 0 Å². The molecule has 3 amide bonds. The Morgan fingerprint density at radius 1 is 0.977 bits per heavy atom. The monoisotopic (exact) mass is 613 g/mol. The highest BCUT2D eigenvalue weighted by Gasteiger charge is 2.28. The Balaban J connectivity index is 1.28. The van der Waals surface area contributed by atoms with Gasteiger partial charge in [0.1, 0.15) is 11.9 Å².